The minimum absolute atomic E-state index is 0.0692. The zero-order chi connectivity index (χ0) is 14.6. The van der Waals surface area contributed by atoms with Crippen LogP contribution >= 0.6 is 0 Å². The standard InChI is InChI=1S/C13H24N2O4/c1-8(2)3-9(6-14)4-12(17)15-7-10(16)5-11(15)13(18)19/h8-11,16H,3-7,14H2,1-2H3,(H,18,19)/t9-,10?,11?/m0/s1. The molecule has 1 heterocycles. The van der Waals surface area contributed by atoms with Crippen molar-refractivity contribution in [2.75, 3.05) is 13.1 Å². The van der Waals surface area contributed by atoms with Crippen LogP contribution in [-0.2, 0) is 9.59 Å². The molecule has 0 radical (unpaired) electrons. The first-order valence-corrected chi connectivity index (χ1v) is 6.75. The Hall–Kier alpha value is -1.14. The molecule has 19 heavy (non-hydrogen) atoms. The molecule has 1 aliphatic heterocycles. The number of carbonyl (C=O) groups is 2. The van der Waals surface area contributed by atoms with Crippen molar-refractivity contribution in [1.29, 1.82) is 0 Å². The zero-order valence-electron chi connectivity index (χ0n) is 11.6. The number of β-amino-alcohol motifs (C(OH)–C–C–N with tert-alkyl or cyclic N) is 1. The van der Waals surface area contributed by atoms with Gasteiger partial charge in [-0.15, -0.1) is 0 Å². The number of carbonyl (C=O) groups excluding carboxylic acids is 1. The van der Waals surface area contributed by atoms with Crippen molar-refractivity contribution in [1.82, 2.24) is 4.90 Å². The topological polar surface area (TPSA) is 104 Å². The molecule has 1 fully saturated rings. The predicted octanol–water partition coefficient (Wildman–Crippen LogP) is 0.0439. The van der Waals surface area contributed by atoms with Crippen LogP contribution in [0.3, 0.4) is 0 Å². The quantitative estimate of drug-likeness (QED) is 0.633. The van der Waals surface area contributed by atoms with E-state index in [1.54, 1.807) is 0 Å². The summed E-state index contributed by atoms with van der Waals surface area (Å²) in [5.41, 5.74) is 5.65. The highest BCUT2D eigenvalue weighted by atomic mass is 16.4. The fraction of sp³-hybridized carbons (Fsp3) is 0.846. The summed E-state index contributed by atoms with van der Waals surface area (Å²) >= 11 is 0. The van der Waals surface area contributed by atoms with Crippen LogP contribution < -0.4 is 5.73 Å². The molecule has 0 saturated carbocycles. The number of carboxylic acid groups (broad SMARTS) is 1. The van der Waals surface area contributed by atoms with Crippen LogP contribution in [-0.4, -0.2) is 52.2 Å². The lowest BCUT2D eigenvalue weighted by atomic mass is 9.93. The van der Waals surface area contributed by atoms with Gasteiger partial charge in [0.2, 0.25) is 5.91 Å². The lowest BCUT2D eigenvalue weighted by molar-refractivity contribution is -0.148. The number of hydrogen-bond donors (Lipinski definition) is 3. The fourth-order valence-electron chi connectivity index (χ4n) is 2.62. The summed E-state index contributed by atoms with van der Waals surface area (Å²) in [7, 11) is 0. The summed E-state index contributed by atoms with van der Waals surface area (Å²) in [5.74, 6) is -0.765. The molecular formula is C13H24N2O4. The Balaban J connectivity index is 2.63. The van der Waals surface area contributed by atoms with Gasteiger partial charge in [0, 0.05) is 19.4 Å². The number of likely N-dealkylation sites (tertiary alicyclic amines) is 1. The summed E-state index contributed by atoms with van der Waals surface area (Å²) in [5, 5.41) is 18.6. The Kier molecular flexibility index (Phi) is 5.75. The summed E-state index contributed by atoms with van der Waals surface area (Å²) < 4.78 is 0. The lowest BCUT2D eigenvalue weighted by Crippen LogP contribution is -2.41. The Morgan fingerprint density at radius 3 is 2.53 bits per heavy atom. The number of hydrogen-bond acceptors (Lipinski definition) is 4. The molecule has 1 saturated heterocycles. The summed E-state index contributed by atoms with van der Waals surface area (Å²) in [4.78, 5) is 24.5. The Labute approximate surface area is 113 Å². The van der Waals surface area contributed by atoms with E-state index in [1.165, 1.54) is 4.90 Å². The van der Waals surface area contributed by atoms with E-state index < -0.39 is 18.1 Å². The van der Waals surface area contributed by atoms with E-state index in [9.17, 15) is 14.7 Å². The van der Waals surface area contributed by atoms with Gasteiger partial charge in [-0.2, -0.15) is 0 Å². The van der Waals surface area contributed by atoms with Gasteiger partial charge in [-0.05, 0) is 24.8 Å². The molecular weight excluding hydrogens is 248 g/mol. The Morgan fingerprint density at radius 1 is 1.42 bits per heavy atom. The van der Waals surface area contributed by atoms with Gasteiger partial charge in [-0.3, -0.25) is 4.79 Å². The molecule has 4 N–H and O–H groups in total. The maximum atomic E-state index is 12.2. The van der Waals surface area contributed by atoms with Crippen LogP contribution in [0, 0.1) is 11.8 Å². The second-order valence-corrected chi connectivity index (χ2v) is 5.73. The van der Waals surface area contributed by atoms with E-state index in [1.807, 2.05) is 0 Å². The third kappa shape index (κ3) is 4.47. The summed E-state index contributed by atoms with van der Waals surface area (Å²) in [6, 6.07) is -0.903. The van der Waals surface area contributed by atoms with Crippen molar-refractivity contribution >= 4 is 11.9 Å². The molecule has 0 aromatic heterocycles. The number of nitrogens with zero attached hydrogens (tertiary/aromatic N) is 1. The molecule has 3 atom stereocenters. The van der Waals surface area contributed by atoms with Gasteiger partial charge in [0.1, 0.15) is 6.04 Å². The first-order valence-electron chi connectivity index (χ1n) is 6.75. The minimum atomic E-state index is -1.06. The van der Waals surface area contributed by atoms with Gasteiger partial charge in [0.25, 0.3) is 0 Å². The number of rotatable bonds is 6. The number of aliphatic hydroxyl groups is 1. The molecule has 110 valence electrons. The molecule has 1 amide bonds. The smallest absolute Gasteiger partial charge is 0.326 e. The highest BCUT2D eigenvalue weighted by Gasteiger charge is 2.39. The number of amides is 1. The van der Waals surface area contributed by atoms with Gasteiger partial charge in [-0.25, -0.2) is 4.79 Å². The third-order valence-electron chi connectivity index (χ3n) is 3.49. The molecule has 0 bridgehead atoms. The first kappa shape index (κ1) is 15.9. The molecule has 0 spiro atoms. The first-order chi connectivity index (χ1) is 8.85. The molecule has 0 aromatic rings. The normalized spacial score (nSPS) is 24.8. The maximum absolute atomic E-state index is 12.2. The molecule has 6 nitrogen and oxygen atoms in total. The van der Waals surface area contributed by atoms with Crippen molar-refractivity contribution in [2.45, 2.75) is 45.3 Å². The third-order valence-corrected chi connectivity index (χ3v) is 3.49. The molecule has 2 unspecified atom stereocenters. The van der Waals surface area contributed by atoms with E-state index >= 15 is 0 Å². The van der Waals surface area contributed by atoms with Crippen LogP contribution in [0.2, 0.25) is 0 Å². The molecule has 0 aromatic carbocycles. The van der Waals surface area contributed by atoms with Crippen LogP contribution in [0.25, 0.3) is 0 Å². The number of nitrogens with two attached hydrogens (primary N) is 1. The van der Waals surface area contributed by atoms with Crippen molar-refractivity contribution in [3.05, 3.63) is 0 Å². The van der Waals surface area contributed by atoms with Gasteiger partial charge >= 0.3 is 5.97 Å². The summed E-state index contributed by atoms with van der Waals surface area (Å²) in [6.07, 6.45) is 0.464. The van der Waals surface area contributed by atoms with E-state index in [0.717, 1.165) is 6.42 Å². The maximum Gasteiger partial charge on any atom is 0.326 e. The second kappa shape index (κ2) is 6.86. The van der Waals surface area contributed by atoms with Crippen molar-refractivity contribution in [3.8, 4) is 0 Å². The number of carboxylic acids is 1. The Bertz CT molecular complexity index is 333. The van der Waals surface area contributed by atoms with Crippen LogP contribution in [0.15, 0.2) is 0 Å². The van der Waals surface area contributed by atoms with Crippen LogP contribution in [0.4, 0.5) is 0 Å². The average molecular weight is 272 g/mol. The SMILES string of the molecule is CC(C)C[C@H](CN)CC(=O)N1CC(O)CC1C(=O)O. The Morgan fingerprint density at radius 2 is 2.05 bits per heavy atom. The largest absolute Gasteiger partial charge is 0.480 e. The van der Waals surface area contributed by atoms with Crippen LogP contribution in [0.5, 0.6) is 0 Å². The monoisotopic (exact) mass is 272 g/mol. The zero-order valence-corrected chi connectivity index (χ0v) is 11.6. The van der Waals surface area contributed by atoms with E-state index in [-0.39, 0.29) is 31.2 Å². The van der Waals surface area contributed by atoms with Gasteiger partial charge in [-0.1, -0.05) is 13.8 Å². The lowest BCUT2D eigenvalue weighted by Gasteiger charge is -2.24. The van der Waals surface area contributed by atoms with Gasteiger partial charge < -0.3 is 20.8 Å². The molecule has 1 rings (SSSR count). The summed E-state index contributed by atoms with van der Waals surface area (Å²) in [6.45, 7) is 4.65. The molecule has 1 aliphatic rings. The average Bonchev–Trinajstić information content (AvgIpc) is 2.70. The highest BCUT2D eigenvalue weighted by Crippen LogP contribution is 2.22. The van der Waals surface area contributed by atoms with Crippen LogP contribution in [0.1, 0.15) is 33.1 Å². The van der Waals surface area contributed by atoms with Gasteiger partial charge in [0.15, 0.2) is 0 Å². The molecule has 6 heteroatoms. The van der Waals surface area contributed by atoms with E-state index in [4.69, 9.17) is 10.8 Å². The van der Waals surface area contributed by atoms with E-state index in [0.29, 0.717) is 12.5 Å². The van der Waals surface area contributed by atoms with Crippen molar-refractivity contribution in [3.63, 3.8) is 0 Å². The van der Waals surface area contributed by atoms with E-state index in [2.05, 4.69) is 13.8 Å². The highest BCUT2D eigenvalue weighted by molar-refractivity contribution is 5.84. The van der Waals surface area contributed by atoms with Crippen molar-refractivity contribution in [2.24, 2.45) is 17.6 Å². The van der Waals surface area contributed by atoms with Gasteiger partial charge in [0.05, 0.1) is 6.10 Å². The number of aliphatic hydroxyl groups excluding tert-OH is 1. The minimum Gasteiger partial charge on any atom is -0.480 e. The van der Waals surface area contributed by atoms with Crippen molar-refractivity contribution < 1.29 is 19.8 Å². The second-order valence-electron chi connectivity index (χ2n) is 5.73. The molecule has 0 aliphatic carbocycles. The number of aliphatic carboxylic acids is 1. The predicted molar refractivity (Wildman–Crippen MR) is 70.4 cm³/mol. The fourth-order valence-corrected chi connectivity index (χ4v) is 2.62.